The molecule has 0 bridgehead atoms. The predicted molar refractivity (Wildman–Crippen MR) is 75.7 cm³/mol. The normalized spacial score (nSPS) is 14.2. The highest BCUT2D eigenvalue weighted by atomic mass is 32.1. The summed E-state index contributed by atoms with van der Waals surface area (Å²) in [7, 11) is 0. The Morgan fingerprint density at radius 3 is 2.35 bits per heavy atom. The third-order valence-corrected chi connectivity index (χ3v) is 3.41. The summed E-state index contributed by atoms with van der Waals surface area (Å²) in [6.45, 7) is 3.77. The van der Waals surface area contributed by atoms with Gasteiger partial charge in [0, 0.05) is 11.8 Å². The van der Waals surface area contributed by atoms with Gasteiger partial charge in [0.05, 0.1) is 5.69 Å². The van der Waals surface area contributed by atoms with Crippen molar-refractivity contribution < 1.29 is 19.8 Å². The molecule has 0 radical (unpaired) electrons. The number of nitrogen functional groups attached to an aromatic ring is 1. The van der Waals surface area contributed by atoms with Gasteiger partial charge in [-0.1, -0.05) is 13.8 Å². The Morgan fingerprint density at radius 1 is 1.35 bits per heavy atom. The van der Waals surface area contributed by atoms with E-state index in [9.17, 15) is 14.7 Å². The first kappa shape index (κ1) is 16.4. The van der Waals surface area contributed by atoms with E-state index < -0.39 is 24.0 Å². The topological polar surface area (TPSA) is 126 Å². The van der Waals surface area contributed by atoms with Gasteiger partial charge in [-0.25, -0.2) is 4.98 Å². The summed E-state index contributed by atoms with van der Waals surface area (Å²) in [6, 6.07) is -1.90. The lowest BCUT2D eigenvalue weighted by Gasteiger charge is -2.21. The number of carbonyl (C=O) groups is 2. The van der Waals surface area contributed by atoms with Crippen LogP contribution in [0, 0.1) is 5.92 Å². The third-order valence-electron chi connectivity index (χ3n) is 2.69. The molecular weight excluding hydrogens is 282 g/mol. The van der Waals surface area contributed by atoms with Crippen molar-refractivity contribution in [3.05, 3.63) is 11.1 Å². The zero-order chi connectivity index (χ0) is 15.3. The monoisotopic (exact) mass is 301 g/mol. The average molecular weight is 301 g/mol. The van der Waals surface area contributed by atoms with E-state index in [-0.39, 0.29) is 12.3 Å². The largest absolute Gasteiger partial charge is 0.480 e. The van der Waals surface area contributed by atoms with Gasteiger partial charge in [-0.3, -0.25) is 14.9 Å². The van der Waals surface area contributed by atoms with E-state index in [1.165, 1.54) is 11.3 Å². The smallest absolute Gasteiger partial charge is 0.321 e. The van der Waals surface area contributed by atoms with Crippen molar-refractivity contribution in [1.82, 2.24) is 10.3 Å². The van der Waals surface area contributed by atoms with Gasteiger partial charge >= 0.3 is 11.9 Å². The molecule has 0 fully saturated rings. The van der Waals surface area contributed by atoms with E-state index >= 15 is 0 Å². The molecule has 8 heteroatoms. The van der Waals surface area contributed by atoms with E-state index in [4.69, 9.17) is 10.8 Å². The van der Waals surface area contributed by atoms with Crippen molar-refractivity contribution in [1.29, 1.82) is 0 Å². The molecule has 0 saturated heterocycles. The third kappa shape index (κ3) is 5.14. The number of carboxylic acids is 2. The summed E-state index contributed by atoms with van der Waals surface area (Å²) < 4.78 is 0. The van der Waals surface area contributed by atoms with Crippen LogP contribution in [-0.2, 0) is 16.0 Å². The number of anilines is 1. The van der Waals surface area contributed by atoms with Gasteiger partial charge < -0.3 is 15.9 Å². The second-order valence-electron chi connectivity index (χ2n) is 4.96. The molecule has 0 aliphatic carbocycles. The van der Waals surface area contributed by atoms with Crippen LogP contribution in [0.1, 0.15) is 26.0 Å². The van der Waals surface area contributed by atoms with Gasteiger partial charge in [-0.2, -0.15) is 0 Å². The fraction of sp³-hybridized carbons (Fsp3) is 0.583. The molecule has 5 N–H and O–H groups in total. The molecule has 2 atom stereocenters. The molecule has 0 aliphatic rings. The highest BCUT2D eigenvalue weighted by Gasteiger charge is 2.27. The maximum Gasteiger partial charge on any atom is 0.321 e. The molecule has 7 nitrogen and oxygen atoms in total. The van der Waals surface area contributed by atoms with E-state index in [0.29, 0.717) is 17.2 Å². The van der Waals surface area contributed by atoms with Crippen molar-refractivity contribution in [3.8, 4) is 0 Å². The standard InChI is InChI=1S/C12H19N3O4S/c1-6(2)3-8(10(16)17)15-9(11(18)19)4-7-5-20-12(13)14-7/h5-6,8-9,15H,3-4H2,1-2H3,(H2,13,14)(H,16,17)(H,18,19). The quantitative estimate of drug-likeness (QED) is 0.559. The average Bonchev–Trinajstić information content (AvgIpc) is 2.72. The number of hydrogen-bond acceptors (Lipinski definition) is 6. The first-order valence-electron chi connectivity index (χ1n) is 6.21. The highest BCUT2D eigenvalue weighted by molar-refractivity contribution is 7.13. The predicted octanol–water partition coefficient (Wildman–Crippen LogP) is 0.810. The molecule has 2 unspecified atom stereocenters. The van der Waals surface area contributed by atoms with E-state index in [0.717, 1.165) is 0 Å². The number of nitrogens with zero attached hydrogens (tertiary/aromatic N) is 1. The fourth-order valence-electron chi connectivity index (χ4n) is 1.80. The number of hydrogen-bond donors (Lipinski definition) is 4. The molecular formula is C12H19N3O4S. The number of rotatable bonds is 8. The van der Waals surface area contributed by atoms with Crippen LogP contribution in [0.25, 0.3) is 0 Å². The van der Waals surface area contributed by atoms with Crippen LogP contribution in [-0.4, -0.2) is 39.2 Å². The van der Waals surface area contributed by atoms with Crippen LogP contribution in [0.15, 0.2) is 5.38 Å². The van der Waals surface area contributed by atoms with Gasteiger partial charge in [0.2, 0.25) is 0 Å². The SMILES string of the molecule is CC(C)CC(NC(Cc1csc(N)n1)C(=O)O)C(=O)O. The maximum atomic E-state index is 11.2. The lowest BCUT2D eigenvalue weighted by molar-refractivity contribution is -0.142. The Morgan fingerprint density at radius 2 is 1.95 bits per heavy atom. The zero-order valence-electron chi connectivity index (χ0n) is 11.4. The number of nitrogens with one attached hydrogen (secondary N) is 1. The number of aliphatic carboxylic acids is 2. The summed E-state index contributed by atoms with van der Waals surface area (Å²) >= 11 is 1.22. The summed E-state index contributed by atoms with van der Waals surface area (Å²) in [5.41, 5.74) is 6.03. The fourth-order valence-corrected chi connectivity index (χ4v) is 2.37. The number of aromatic nitrogens is 1. The van der Waals surface area contributed by atoms with Gasteiger partial charge in [-0.15, -0.1) is 11.3 Å². The van der Waals surface area contributed by atoms with Crippen LogP contribution < -0.4 is 11.1 Å². The first-order valence-corrected chi connectivity index (χ1v) is 7.09. The van der Waals surface area contributed by atoms with Gasteiger partial charge in [0.15, 0.2) is 5.13 Å². The molecule has 0 saturated carbocycles. The van der Waals surface area contributed by atoms with Gasteiger partial charge in [0.25, 0.3) is 0 Å². The van der Waals surface area contributed by atoms with Crippen LogP contribution in [0.2, 0.25) is 0 Å². The van der Waals surface area contributed by atoms with E-state index in [1.807, 2.05) is 13.8 Å². The Balaban J connectivity index is 2.74. The van der Waals surface area contributed by atoms with Crippen molar-refractivity contribution in [2.45, 2.75) is 38.8 Å². The lowest BCUT2D eigenvalue weighted by Crippen LogP contribution is -2.48. The first-order chi connectivity index (χ1) is 9.29. The zero-order valence-corrected chi connectivity index (χ0v) is 12.2. The number of carboxylic acid groups (broad SMARTS) is 2. The molecule has 0 spiro atoms. The van der Waals surface area contributed by atoms with E-state index in [2.05, 4.69) is 10.3 Å². The second-order valence-corrected chi connectivity index (χ2v) is 5.85. The van der Waals surface area contributed by atoms with Gasteiger partial charge in [-0.05, 0) is 12.3 Å². The number of thiazole rings is 1. The summed E-state index contributed by atoms with van der Waals surface area (Å²) in [4.78, 5) is 26.4. The Bertz CT molecular complexity index is 475. The van der Waals surface area contributed by atoms with Crippen molar-refractivity contribution in [3.63, 3.8) is 0 Å². The van der Waals surface area contributed by atoms with Crippen molar-refractivity contribution >= 4 is 28.4 Å². The Labute approximate surface area is 120 Å². The van der Waals surface area contributed by atoms with E-state index in [1.54, 1.807) is 5.38 Å². The summed E-state index contributed by atoms with van der Waals surface area (Å²) in [6.07, 6.45) is 0.462. The van der Waals surface area contributed by atoms with Crippen LogP contribution >= 0.6 is 11.3 Å². The molecule has 0 aromatic carbocycles. The van der Waals surface area contributed by atoms with Crippen LogP contribution in [0.4, 0.5) is 5.13 Å². The Hall–Kier alpha value is -1.67. The molecule has 1 rings (SSSR count). The molecule has 0 aliphatic heterocycles. The number of nitrogens with two attached hydrogens (primary N) is 1. The highest BCUT2D eigenvalue weighted by Crippen LogP contribution is 2.14. The molecule has 0 amide bonds. The minimum absolute atomic E-state index is 0.102. The molecule has 1 aromatic heterocycles. The van der Waals surface area contributed by atoms with Gasteiger partial charge in [0.1, 0.15) is 12.1 Å². The molecule has 1 aromatic rings. The van der Waals surface area contributed by atoms with Crippen molar-refractivity contribution in [2.24, 2.45) is 5.92 Å². The summed E-state index contributed by atoms with van der Waals surface area (Å²) in [5.74, 6) is -2.01. The molecule has 112 valence electrons. The molecule has 1 heterocycles. The minimum Gasteiger partial charge on any atom is -0.480 e. The minimum atomic E-state index is -1.11. The van der Waals surface area contributed by atoms with Crippen molar-refractivity contribution in [2.75, 3.05) is 5.73 Å². The van der Waals surface area contributed by atoms with Crippen LogP contribution in [0.3, 0.4) is 0 Å². The second kappa shape index (κ2) is 7.20. The summed E-state index contributed by atoms with van der Waals surface area (Å²) in [5, 5.41) is 23.0. The Kier molecular flexibility index (Phi) is 5.90. The molecule has 20 heavy (non-hydrogen) atoms. The maximum absolute atomic E-state index is 11.2. The lowest BCUT2D eigenvalue weighted by atomic mass is 10.0. The van der Waals surface area contributed by atoms with Crippen LogP contribution in [0.5, 0.6) is 0 Å².